The maximum Gasteiger partial charge on any atom is 0.0161 e. The van der Waals surface area contributed by atoms with E-state index in [1.165, 1.54) is 27.8 Å². The summed E-state index contributed by atoms with van der Waals surface area (Å²) in [7, 11) is 0. The van der Waals surface area contributed by atoms with Gasteiger partial charge in [-0.3, -0.25) is 0 Å². The zero-order chi connectivity index (χ0) is 13.2. The smallest absolute Gasteiger partial charge is 0.0161 e. The molecule has 2 aromatic rings. The fourth-order valence-corrected chi connectivity index (χ4v) is 2.68. The average molecular weight is 247 g/mol. The number of nitrogens with two attached hydrogens (primary N) is 1. The van der Waals surface area contributed by atoms with Crippen LogP contribution in [0.2, 0.25) is 0 Å². The zero-order valence-corrected chi connectivity index (χ0v) is 11.1. The van der Waals surface area contributed by atoms with Gasteiger partial charge >= 0.3 is 0 Å². The van der Waals surface area contributed by atoms with E-state index in [4.69, 9.17) is 5.73 Å². The Balaban J connectivity index is 2.18. The molecule has 94 valence electrons. The summed E-state index contributed by atoms with van der Waals surface area (Å²) in [6.07, 6.45) is 0.847. The summed E-state index contributed by atoms with van der Waals surface area (Å²) < 4.78 is 0. The molecule has 2 aromatic carbocycles. The van der Waals surface area contributed by atoms with Crippen molar-refractivity contribution >= 4 is 11.1 Å². The first-order chi connectivity index (χ1) is 9.27. The van der Waals surface area contributed by atoms with Crippen molar-refractivity contribution in [2.75, 3.05) is 0 Å². The predicted molar refractivity (Wildman–Crippen MR) is 81.2 cm³/mol. The summed E-state index contributed by atoms with van der Waals surface area (Å²) in [5, 5.41) is 0. The van der Waals surface area contributed by atoms with E-state index in [2.05, 4.69) is 55.5 Å². The van der Waals surface area contributed by atoms with Crippen LogP contribution in [-0.2, 0) is 0 Å². The third kappa shape index (κ3) is 2.08. The second kappa shape index (κ2) is 4.77. The van der Waals surface area contributed by atoms with E-state index in [1.54, 1.807) is 0 Å². The normalized spacial score (nSPS) is 15.2. The number of benzene rings is 2. The van der Waals surface area contributed by atoms with Gasteiger partial charge in [-0.25, -0.2) is 0 Å². The highest BCUT2D eigenvalue weighted by Gasteiger charge is 2.21. The van der Waals surface area contributed by atoms with Gasteiger partial charge in [-0.05, 0) is 34.8 Å². The predicted octanol–water partition coefficient (Wildman–Crippen LogP) is 4.23. The first-order valence-electron chi connectivity index (χ1n) is 6.57. The van der Waals surface area contributed by atoms with Gasteiger partial charge in [0.05, 0.1) is 0 Å². The molecule has 1 nitrogen and oxygen atoms in total. The molecule has 0 fully saturated rings. The van der Waals surface area contributed by atoms with Gasteiger partial charge in [-0.1, -0.05) is 60.7 Å². The van der Waals surface area contributed by atoms with E-state index in [9.17, 15) is 0 Å². The van der Waals surface area contributed by atoms with Crippen LogP contribution in [0.3, 0.4) is 0 Å². The maximum atomic E-state index is 6.17. The van der Waals surface area contributed by atoms with Crippen molar-refractivity contribution in [3.63, 3.8) is 0 Å². The third-order valence-corrected chi connectivity index (χ3v) is 3.71. The summed E-state index contributed by atoms with van der Waals surface area (Å²) in [5.74, 6) is 0. The van der Waals surface area contributed by atoms with Crippen molar-refractivity contribution in [1.29, 1.82) is 0 Å². The van der Waals surface area contributed by atoms with E-state index in [-0.39, 0.29) is 0 Å². The highest BCUT2D eigenvalue weighted by atomic mass is 14.6. The van der Waals surface area contributed by atoms with Gasteiger partial charge in [0.25, 0.3) is 0 Å². The Morgan fingerprint density at radius 1 is 0.789 bits per heavy atom. The molecular weight excluding hydrogens is 230 g/mol. The molecule has 1 heteroatoms. The van der Waals surface area contributed by atoms with Gasteiger partial charge in [0.15, 0.2) is 0 Å². The van der Waals surface area contributed by atoms with E-state index in [0.717, 1.165) is 12.1 Å². The van der Waals surface area contributed by atoms with E-state index in [1.807, 2.05) is 12.1 Å². The molecule has 0 heterocycles. The minimum absolute atomic E-state index is 0.847. The van der Waals surface area contributed by atoms with Crippen LogP contribution in [0.25, 0.3) is 11.1 Å². The van der Waals surface area contributed by atoms with Crippen LogP contribution in [0.1, 0.15) is 24.5 Å². The van der Waals surface area contributed by atoms with E-state index < -0.39 is 0 Å². The molecule has 0 bridgehead atoms. The fourth-order valence-electron chi connectivity index (χ4n) is 2.68. The maximum absolute atomic E-state index is 6.17. The lowest BCUT2D eigenvalue weighted by molar-refractivity contribution is 1.18. The van der Waals surface area contributed by atoms with E-state index >= 15 is 0 Å². The van der Waals surface area contributed by atoms with Crippen molar-refractivity contribution in [3.8, 4) is 0 Å². The first kappa shape index (κ1) is 11.8. The Morgan fingerprint density at radius 3 is 1.89 bits per heavy atom. The van der Waals surface area contributed by atoms with Crippen molar-refractivity contribution in [2.24, 2.45) is 5.73 Å². The Kier molecular flexibility index (Phi) is 2.96. The Bertz CT molecular complexity index is 649. The summed E-state index contributed by atoms with van der Waals surface area (Å²) >= 11 is 0. The molecule has 3 rings (SSSR count). The molecule has 1 aliphatic rings. The Hall–Kier alpha value is -2.28. The molecule has 0 saturated carbocycles. The minimum atomic E-state index is 0.847. The summed E-state index contributed by atoms with van der Waals surface area (Å²) in [5.41, 5.74) is 13.5. The van der Waals surface area contributed by atoms with Gasteiger partial charge in [-0.15, -0.1) is 0 Å². The molecule has 0 aliphatic heterocycles. The molecule has 0 spiro atoms. The molecular formula is C18H17N. The second-order valence-electron chi connectivity index (χ2n) is 4.91. The van der Waals surface area contributed by atoms with Crippen LogP contribution < -0.4 is 5.73 Å². The molecule has 19 heavy (non-hydrogen) atoms. The highest BCUT2D eigenvalue weighted by molar-refractivity contribution is 6.02. The zero-order valence-electron chi connectivity index (χ0n) is 11.1. The van der Waals surface area contributed by atoms with Crippen molar-refractivity contribution in [3.05, 3.63) is 83.1 Å². The lowest BCUT2D eigenvalue weighted by Crippen LogP contribution is -1.95. The summed E-state index contributed by atoms with van der Waals surface area (Å²) in [6.45, 7) is 2.12. The summed E-state index contributed by atoms with van der Waals surface area (Å²) in [4.78, 5) is 0. The van der Waals surface area contributed by atoms with Gasteiger partial charge in [-0.2, -0.15) is 0 Å². The van der Waals surface area contributed by atoms with Crippen molar-refractivity contribution in [2.45, 2.75) is 13.3 Å². The molecule has 0 unspecified atom stereocenters. The molecule has 1 aliphatic carbocycles. The second-order valence-corrected chi connectivity index (χ2v) is 4.91. The van der Waals surface area contributed by atoms with Gasteiger partial charge in [0.2, 0.25) is 0 Å². The van der Waals surface area contributed by atoms with E-state index in [0.29, 0.717) is 0 Å². The van der Waals surface area contributed by atoms with Crippen LogP contribution in [0.4, 0.5) is 0 Å². The number of hydrogen-bond acceptors (Lipinski definition) is 1. The number of allylic oxidation sites excluding steroid dienone is 3. The largest absolute Gasteiger partial charge is 0.402 e. The van der Waals surface area contributed by atoms with Crippen LogP contribution in [0, 0.1) is 0 Å². The van der Waals surface area contributed by atoms with Gasteiger partial charge in [0, 0.05) is 12.1 Å². The monoisotopic (exact) mass is 247 g/mol. The third-order valence-electron chi connectivity index (χ3n) is 3.71. The number of rotatable bonds is 2. The van der Waals surface area contributed by atoms with Gasteiger partial charge < -0.3 is 5.73 Å². The van der Waals surface area contributed by atoms with Crippen LogP contribution >= 0.6 is 0 Å². The Morgan fingerprint density at radius 2 is 1.32 bits per heavy atom. The quantitative estimate of drug-likeness (QED) is 0.844. The molecule has 0 atom stereocenters. The lowest BCUT2D eigenvalue weighted by Gasteiger charge is -2.10. The molecule has 0 saturated heterocycles. The fraction of sp³-hybridized carbons (Fsp3) is 0.111. The Labute approximate surface area is 114 Å². The molecule has 0 amide bonds. The molecule has 0 aromatic heterocycles. The van der Waals surface area contributed by atoms with Crippen LogP contribution in [0.15, 0.2) is 71.9 Å². The average Bonchev–Trinajstić information content (AvgIpc) is 2.77. The molecule has 0 radical (unpaired) electrons. The van der Waals surface area contributed by atoms with Crippen LogP contribution in [0.5, 0.6) is 0 Å². The van der Waals surface area contributed by atoms with Crippen LogP contribution in [-0.4, -0.2) is 0 Å². The highest BCUT2D eigenvalue weighted by Crippen LogP contribution is 2.41. The SMILES string of the molecule is CC1=C(N)CC(c2ccccc2)=C1c1ccccc1. The molecule has 2 N–H and O–H groups in total. The van der Waals surface area contributed by atoms with Crippen molar-refractivity contribution < 1.29 is 0 Å². The number of hydrogen-bond donors (Lipinski definition) is 1. The topological polar surface area (TPSA) is 26.0 Å². The minimum Gasteiger partial charge on any atom is -0.402 e. The van der Waals surface area contributed by atoms with Gasteiger partial charge in [0.1, 0.15) is 0 Å². The first-order valence-corrected chi connectivity index (χ1v) is 6.57. The summed E-state index contributed by atoms with van der Waals surface area (Å²) in [6, 6.07) is 21.0. The van der Waals surface area contributed by atoms with Crippen molar-refractivity contribution in [1.82, 2.24) is 0 Å². The lowest BCUT2D eigenvalue weighted by atomic mass is 9.94. The standard InChI is InChI=1S/C18H17N/c1-13-17(19)12-16(14-8-4-2-5-9-14)18(13)15-10-6-3-7-11-15/h2-11H,12,19H2,1H3.